The van der Waals surface area contributed by atoms with Crippen LogP contribution in [0, 0.1) is 5.92 Å². The third kappa shape index (κ3) is 4.14. The van der Waals surface area contributed by atoms with E-state index in [-0.39, 0.29) is 18.0 Å². The molecule has 6 nitrogen and oxygen atoms in total. The molecule has 1 aromatic rings. The highest BCUT2D eigenvalue weighted by molar-refractivity contribution is 5.80. The molecule has 1 rings (SSSR count). The highest BCUT2D eigenvalue weighted by atomic mass is 16.2. The maximum absolute atomic E-state index is 11.9. The molecule has 1 heterocycles. The van der Waals surface area contributed by atoms with Crippen molar-refractivity contribution < 1.29 is 4.79 Å². The topological polar surface area (TPSA) is 85.8 Å². The lowest BCUT2D eigenvalue weighted by Gasteiger charge is -2.21. The third-order valence-electron chi connectivity index (χ3n) is 2.60. The Labute approximate surface area is 102 Å². The zero-order chi connectivity index (χ0) is 12.8. The van der Waals surface area contributed by atoms with E-state index in [9.17, 15) is 4.79 Å². The number of rotatable bonds is 6. The zero-order valence-electron chi connectivity index (χ0n) is 10.6. The molecule has 0 aromatic carbocycles. The van der Waals surface area contributed by atoms with Gasteiger partial charge in [0.1, 0.15) is 18.7 Å². The molecule has 17 heavy (non-hydrogen) atoms. The normalized spacial score (nSPS) is 14.6. The second-order valence-electron chi connectivity index (χ2n) is 4.62. The Balaban J connectivity index is 2.52. The monoisotopic (exact) mass is 239 g/mol. The molecule has 3 N–H and O–H groups in total. The summed E-state index contributed by atoms with van der Waals surface area (Å²) in [6.07, 6.45) is 3.83. The fraction of sp³-hybridized carbons (Fsp3) is 0.727. The standard InChI is InChI=1S/C11H21N5O/c1-8(2)4-10(5-12)15-11(17)9(3)16-7-13-6-14-16/h6-10H,4-5,12H2,1-3H3,(H,15,17). The summed E-state index contributed by atoms with van der Waals surface area (Å²) in [5.41, 5.74) is 5.64. The van der Waals surface area contributed by atoms with Gasteiger partial charge in [0.05, 0.1) is 0 Å². The van der Waals surface area contributed by atoms with Crippen LogP contribution in [0.1, 0.15) is 33.2 Å². The van der Waals surface area contributed by atoms with Crippen molar-refractivity contribution >= 4 is 5.91 Å². The summed E-state index contributed by atoms with van der Waals surface area (Å²) < 4.78 is 1.53. The summed E-state index contributed by atoms with van der Waals surface area (Å²) >= 11 is 0. The molecule has 2 unspecified atom stereocenters. The number of hydrogen-bond donors (Lipinski definition) is 2. The first-order valence-corrected chi connectivity index (χ1v) is 5.89. The van der Waals surface area contributed by atoms with Crippen LogP contribution in [-0.2, 0) is 4.79 Å². The van der Waals surface area contributed by atoms with E-state index in [1.807, 2.05) is 0 Å². The SMILES string of the molecule is CC(C)CC(CN)NC(=O)C(C)n1cncn1. The van der Waals surface area contributed by atoms with E-state index >= 15 is 0 Å². The van der Waals surface area contributed by atoms with Gasteiger partial charge in [-0.3, -0.25) is 4.79 Å². The average molecular weight is 239 g/mol. The summed E-state index contributed by atoms with van der Waals surface area (Å²) in [5.74, 6) is 0.428. The van der Waals surface area contributed by atoms with Crippen LogP contribution >= 0.6 is 0 Å². The lowest BCUT2D eigenvalue weighted by molar-refractivity contribution is -0.124. The van der Waals surface area contributed by atoms with Crippen LogP contribution in [0.15, 0.2) is 12.7 Å². The Bertz CT molecular complexity index is 336. The maximum atomic E-state index is 11.9. The zero-order valence-corrected chi connectivity index (χ0v) is 10.6. The second-order valence-corrected chi connectivity index (χ2v) is 4.62. The van der Waals surface area contributed by atoms with Crippen LogP contribution in [0.4, 0.5) is 0 Å². The van der Waals surface area contributed by atoms with Crippen molar-refractivity contribution in [1.29, 1.82) is 0 Å². The van der Waals surface area contributed by atoms with Gasteiger partial charge in [0.2, 0.25) is 5.91 Å². The molecule has 0 bridgehead atoms. The van der Waals surface area contributed by atoms with Crippen molar-refractivity contribution in [2.45, 2.75) is 39.3 Å². The smallest absolute Gasteiger partial charge is 0.244 e. The highest BCUT2D eigenvalue weighted by Gasteiger charge is 2.19. The molecule has 0 saturated heterocycles. The van der Waals surface area contributed by atoms with Crippen LogP contribution < -0.4 is 11.1 Å². The molecule has 6 heteroatoms. The Kier molecular flexibility index (Phi) is 5.09. The molecule has 1 amide bonds. The summed E-state index contributed by atoms with van der Waals surface area (Å²) in [6.45, 7) is 6.45. The van der Waals surface area contributed by atoms with E-state index in [0.717, 1.165) is 6.42 Å². The predicted octanol–water partition coefficient (Wildman–Crippen LogP) is 0.329. The van der Waals surface area contributed by atoms with Crippen LogP contribution in [-0.4, -0.2) is 33.3 Å². The first kappa shape index (κ1) is 13.6. The minimum atomic E-state index is -0.362. The fourth-order valence-corrected chi connectivity index (χ4v) is 1.64. The van der Waals surface area contributed by atoms with Crippen molar-refractivity contribution in [3.05, 3.63) is 12.7 Å². The van der Waals surface area contributed by atoms with Crippen LogP contribution in [0.5, 0.6) is 0 Å². The van der Waals surface area contributed by atoms with Crippen LogP contribution in [0.2, 0.25) is 0 Å². The summed E-state index contributed by atoms with van der Waals surface area (Å²) in [7, 11) is 0. The molecular formula is C11H21N5O. The van der Waals surface area contributed by atoms with E-state index in [4.69, 9.17) is 5.73 Å². The number of amides is 1. The molecule has 0 spiro atoms. The summed E-state index contributed by atoms with van der Waals surface area (Å²) in [5, 5.41) is 6.88. The number of nitrogens with two attached hydrogens (primary N) is 1. The Morgan fingerprint density at radius 3 is 2.65 bits per heavy atom. The van der Waals surface area contributed by atoms with E-state index in [0.29, 0.717) is 12.5 Å². The van der Waals surface area contributed by atoms with Gasteiger partial charge in [-0.1, -0.05) is 13.8 Å². The van der Waals surface area contributed by atoms with Gasteiger partial charge in [-0.05, 0) is 19.3 Å². The Morgan fingerprint density at radius 1 is 1.47 bits per heavy atom. The van der Waals surface area contributed by atoms with Gasteiger partial charge in [0.15, 0.2) is 0 Å². The number of aromatic nitrogens is 3. The first-order valence-electron chi connectivity index (χ1n) is 5.89. The van der Waals surface area contributed by atoms with Gasteiger partial charge >= 0.3 is 0 Å². The van der Waals surface area contributed by atoms with Crippen LogP contribution in [0.3, 0.4) is 0 Å². The van der Waals surface area contributed by atoms with Crippen molar-refractivity contribution in [3.8, 4) is 0 Å². The maximum Gasteiger partial charge on any atom is 0.244 e. The molecular weight excluding hydrogens is 218 g/mol. The van der Waals surface area contributed by atoms with Crippen LogP contribution in [0.25, 0.3) is 0 Å². The largest absolute Gasteiger partial charge is 0.350 e. The molecule has 2 atom stereocenters. The van der Waals surface area contributed by atoms with Crippen molar-refractivity contribution in [1.82, 2.24) is 20.1 Å². The lowest BCUT2D eigenvalue weighted by atomic mass is 10.0. The Morgan fingerprint density at radius 2 is 2.18 bits per heavy atom. The molecule has 0 aliphatic rings. The van der Waals surface area contributed by atoms with Gasteiger partial charge in [0.25, 0.3) is 0 Å². The first-order chi connectivity index (χ1) is 8.04. The Hall–Kier alpha value is -1.43. The van der Waals surface area contributed by atoms with Crippen molar-refractivity contribution in [2.75, 3.05) is 6.54 Å². The second kappa shape index (κ2) is 6.34. The molecule has 0 fully saturated rings. The number of carbonyl (C=O) groups is 1. The van der Waals surface area contributed by atoms with E-state index in [2.05, 4.69) is 29.2 Å². The lowest BCUT2D eigenvalue weighted by Crippen LogP contribution is -2.43. The van der Waals surface area contributed by atoms with Gasteiger partial charge < -0.3 is 11.1 Å². The van der Waals surface area contributed by atoms with Gasteiger partial charge in [-0.2, -0.15) is 5.10 Å². The third-order valence-corrected chi connectivity index (χ3v) is 2.60. The minimum Gasteiger partial charge on any atom is -0.350 e. The molecule has 0 saturated carbocycles. The molecule has 1 aromatic heterocycles. The van der Waals surface area contributed by atoms with E-state index in [1.54, 1.807) is 6.92 Å². The summed E-state index contributed by atoms with van der Waals surface area (Å²) in [6, 6.07) is -0.341. The van der Waals surface area contributed by atoms with Crippen molar-refractivity contribution in [2.24, 2.45) is 11.7 Å². The molecule has 0 aliphatic carbocycles. The number of hydrogen-bond acceptors (Lipinski definition) is 4. The number of nitrogens with one attached hydrogen (secondary N) is 1. The number of nitrogens with zero attached hydrogens (tertiary/aromatic N) is 3. The predicted molar refractivity (Wildman–Crippen MR) is 65.2 cm³/mol. The number of carbonyl (C=O) groups excluding carboxylic acids is 1. The molecule has 0 radical (unpaired) electrons. The van der Waals surface area contributed by atoms with E-state index in [1.165, 1.54) is 17.3 Å². The van der Waals surface area contributed by atoms with Gasteiger partial charge in [0, 0.05) is 12.6 Å². The fourth-order valence-electron chi connectivity index (χ4n) is 1.64. The van der Waals surface area contributed by atoms with Crippen molar-refractivity contribution in [3.63, 3.8) is 0 Å². The van der Waals surface area contributed by atoms with Gasteiger partial charge in [-0.15, -0.1) is 0 Å². The van der Waals surface area contributed by atoms with E-state index < -0.39 is 0 Å². The summed E-state index contributed by atoms with van der Waals surface area (Å²) in [4.78, 5) is 15.8. The quantitative estimate of drug-likeness (QED) is 0.749. The molecule has 96 valence electrons. The average Bonchev–Trinajstić information content (AvgIpc) is 2.79. The molecule has 0 aliphatic heterocycles. The highest BCUT2D eigenvalue weighted by Crippen LogP contribution is 2.07. The van der Waals surface area contributed by atoms with Gasteiger partial charge in [-0.25, -0.2) is 9.67 Å². The minimum absolute atomic E-state index is 0.0217.